The standard InChI is InChI=1S/C11H16ClN3O/c1-16-10-4-6-15(7-5-10)11-3-2-9(8-12)13-14-11/h2-3,10H,4-8H2,1H3. The van der Waals surface area contributed by atoms with Crippen molar-refractivity contribution in [1.82, 2.24) is 10.2 Å². The van der Waals surface area contributed by atoms with Crippen LogP contribution in [0.3, 0.4) is 0 Å². The third-order valence-corrected chi connectivity index (χ3v) is 3.22. The minimum atomic E-state index is 0.395. The van der Waals surface area contributed by atoms with Crippen molar-refractivity contribution in [1.29, 1.82) is 0 Å². The predicted molar refractivity (Wildman–Crippen MR) is 63.8 cm³/mol. The average molecular weight is 242 g/mol. The van der Waals surface area contributed by atoms with E-state index in [1.807, 2.05) is 12.1 Å². The topological polar surface area (TPSA) is 38.2 Å². The van der Waals surface area contributed by atoms with E-state index in [1.54, 1.807) is 7.11 Å². The van der Waals surface area contributed by atoms with E-state index in [9.17, 15) is 0 Å². The van der Waals surface area contributed by atoms with Gasteiger partial charge in [-0.25, -0.2) is 0 Å². The second kappa shape index (κ2) is 5.46. The van der Waals surface area contributed by atoms with Gasteiger partial charge in [0.05, 0.1) is 17.7 Å². The van der Waals surface area contributed by atoms with Gasteiger partial charge in [0.1, 0.15) is 0 Å². The summed E-state index contributed by atoms with van der Waals surface area (Å²) in [6.07, 6.45) is 2.50. The first kappa shape index (κ1) is 11.6. The van der Waals surface area contributed by atoms with Gasteiger partial charge in [-0.2, -0.15) is 5.10 Å². The Morgan fingerprint density at radius 3 is 2.62 bits per heavy atom. The van der Waals surface area contributed by atoms with Gasteiger partial charge in [0.2, 0.25) is 0 Å². The molecule has 2 rings (SSSR count). The van der Waals surface area contributed by atoms with E-state index in [-0.39, 0.29) is 0 Å². The number of hydrogen-bond donors (Lipinski definition) is 0. The summed E-state index contributed by atoms with van der Waals surface area (Å²) in [5.41, 5.74) is 0.817. The summed E-state index contributed by atoms with van der Waals surface area (Å²) in [6.45, 7) is 1.96. The van der Waals surface area contributed by atoms with Gasteiger partial charge in [-0.1, -0.05) is 0 Å². The molecule has 1 fully saturated rings. The SMILES string of the molecule is COC1CCN(c2ccc(CCl)nn2)CC1. The number of nitrogens with zero attached hydrogens (tertiary/aromatic N) is 3. The fraction of sp³-hybridized carbons (Fsp3) is 0.636. The smallest absolute Gasteiger partial charge is 0.151 e. The maximum Gasteiger partial charge on any atom is 0.151 e. The summed E-state index contributed by atoms with van der Waals surface area (Å²) in [5.74, 6) is 1.35. The van der Waals surface area contributed by atoms with Crippen molar-refractivity contribution in [2.24, 2.45) is 0 Å². The van der Waals surface area contributed by atoms with Crippen LogP contribution < -0.4 is 4.90 Å². The third kappa shape index (κ3) is 2.62. The van der Waals surface area contributed by atoms with Crippen LogP contribution in [0.25, 0.3) is 0 Å². The highest BCUT2D eigenvalue weighted by Crippen LogP contribution is 2.18. The minimum Gasteiger partial charge on any atom is -0.381 e. The molecule has 1 aromatic heterocycles. The first-order valence-electron chi connectivity index (χ1n) is 5.50. The second-order valence-electron chi connectivity index (χ2n) is 3.94. The highest BCUT2D eigenvalue weighted by molar-refractivity contribution is 6.16. The molecule has 2 heterocycles. The molecule has 0 saturated carbocycles. The average Bonchev–Trinajstić information content (AvgIpc) is 2.39. The maximum atomic E-state index is 5.67. The van der Waals surface area contributed by atoms with Gasteiger partial charge in [-0.05, 0) is 25.0 Å². The van der Waals surface area contributed by atoms with Crippen molar-refractivity contribution in [3.63, 3.8) is 0 Å². The number of aromatic nitrogens is 2. The van der Waals surface area contributed by atoms with Gasteiger partial charge >= 0.3 is 0 Å². The maximum absolute atomic E-state index is 5.67. The van der Waals surface area contributed by atoms with Gasteiger partial charge in [-0.15, -0.1) is 16.7 Å². The number of piperidine rings is 1. The lowest BCUT2D eigenvalue weighted by atomic mass is 10.1. The van der Waals surface area contributed by atoms with E-state index in [1.165, 1.54) is 0 Å². The van der Waals surface area contributed by atoms with E-state index in [0.717, 1.165) is 37.4 Å². The van der Waals surface area contributed by atoms with Gasteiger partial charge in [-0.3, -0.25) is 0 Å². The molecule has 1 saturated heterocycles. The quantitative estimate of drug-likeness (QED) is 0.757. The number of methoxy groups -OCH3 is 1. The molecule has 0 aromatic carbocycles. The van der Waals surface area contributed by atoms with Gasteiger partial charge in [0.15, 0.2) is 5.82 Å². The molecule has 1 aliphatic heterocycles. The summed E-state index contributed by atoms with van der Waals surface area (Å²) < 4.78 is 5.33. The first-order valence-corrected chi connectivity index (χ1v) is 6.03. The first-order chi connectivity index (χ1) is 7.83. The Hall–Kier alpha value is -0.870. The van der Waals surface area contributed by atoms with Crippen molar-refractivity contribution < 1.29 is 4.74 Å². The zero-order chi connectivity index (χ0) is 11.4. The minimum absolute atomic E-state index is 0.395. The Balaban J connectivity index is 1.97. The van der Waals surface area contributed by atoms with Crippen LogP contribution in [-0.2, 0) is 10.6 Å². The Morgan fingerprint density at radius 2 is 2.12 bits per heavy atom. The molecule has 0 bridgehead atoms. The van der Waals surface area contributed by atoms with Crippen molar-refractivity contribution in [3.05, 3.63) is 17.8 Å². The highest BCUT2D eigenvalue weighted by atomic mass is 35.5. The lowest BCUT2D eigenvalue weighted by Crippen LogP contribution is -2.37. The summed E-state index contributed by atoms with van der Waals surface area (Å²) in [7, 11) is 1.77. The Morgan fingerprint density at radius 1 is 1.38 bits per heavy atom. The number of rotatable bonds is 3. The highest BCUT2D eigenvalue weighted by Gasteiger charge is 2.19. The van der Waals surface area contributed by atoms with E-state index < -0.39 is 0 Å². The summed E-state index contributed by atoms with van der Waals surface area (Å²) in [5, 5.41) is 8.23. The molecule has 16 heavy (non-hydrogen) atoms. The fourth-order valence-corrected chi connectivity index (χ4v) is 2.06. The number of alkyl halides is 1. The lowest BCUT2D eigenvalue weighted by Gasteiger charge is -2.31. The molecule has 0 aliphatic carbocycles. The normalized spacial score (nSPS) is 17.8. The molecular weight excluding hydrogens is 226 g/mol. The monoisotopic (exact) mass is 241 g/mol. The molecule has 0 spiro atoms. The lowest BCUT2D eigenvalue weighted by molar-refractivity contribution is 0.0817. The van der Waals surface area contributed by atoms with Crippen LogP contribution in [0.1, 0.15) is 18.5 Å². The zero-order valence-electron chi connectivity index (χ0n) is 9.40. The number of anilines is 1. The predicted octanol–water partition coefficient (Wildman–Crippen LogP) is 1.83. The van der Waals surface area contributed by atoms with E-state index in [0.29, 0.717) is 12.0 Å². The van der Waals surface area contributed by atoms with E-state index >= 15 is 0 Å². The molecule has 1 aromatic rings. The van der Waals surface area contributed by atoms with E-state index in [4.69, 9.17) is 16.3 Å². The molecule has 88 valence electrons. The van der Waals surface area contributed by atoms with Crippen molar-refractivity contribution in [2.45, 2.75) is 24.8 Å². The number of ether oxygens (including phenoxy) is 1. The second-order valence-corrected chi connectivity index (χ2v) is 4.21. The Kier molecular flexibility index (Phi) is 3.96. The van der Waals surface area contributed by atoms with Crippen LogP contribution in [0, 0.1) is 0 Å². The zero-order valence-corrected chi connectivity index (χ0v) is 10.2. The van der Waals surface area contributed by atoms with E-state index in [2.05, 4.69) is 15.1 Å². The molecule has 0 N–H and O–H groups in total. The van der Waals surface area contributed by atoms with Gasteiger partial charge in [0, 0.05) is 20.2 Å². The third-order valence-electron chi connectivity index (χ3n) is 2.94. The van der Waals surface area contributed by atoms with Crippen LogP contribution in [0.15, 0.2) is 12.1 Å². The Labute approximate surface area is 101 Å². The molecule has 0 amide bonds. The van der Waals surface area contributed by atoms with Gasteiger partial charge < -0.3 is 9.64 Å². The van der Waals surface area contributed by atoms with Crippen molar-refractivity contribution in [2.75, 3.05) is 25.1 Å². The summed E-state index contributed by atoms with van der Waals surface area (Å²) >= 11 is 5.67. The number of hydrogen-bond acceptors (Lipinski definition) is 4. The van der Waals surface area contributed by atoms with Crippen LogP contribution in [0.5, 0.6) is 0 Å². The Bertz CT molecular complexity index is 323. The molecule has 0 unspecified atom stereocenters. The van der Waals surface area contributed by atoms with Crippen LogP contribution in [0.4, 0.5) is 5.82 Å². The molecule has 1 aliphatic rings. The largest absolute Gasteiger partial charge is 0.381 e. The van der Waals surface area contributed by atoms with Crippen LogP contribution in [-0.4, -0.2) is 36.5 Å². The summed E-state index contributed by atoms with van der Waals surface area (Å²) in [6, 6.07) is 3.91. The van der Waals surface area contributed by atoms with Gasteiger partial charge in [0.25, 0.3) is 0 Å². The molecular formula is C11H16ClN3O. The van der Waals surface area contributed by atoms with Crippen molar-refractivity contribution in [3.8, 4) is 0 Å². The number of halogens is 1. The van der Waals surface area contributed by atoms with Crippen molar-refractivity contribution >= 4 is 17.4 Å². The fourth-order valence-electron chi connectivity index (χ4n) is 1.91. The van der Waals surface area contributed by atoms with Crippen LogP contribution >= 0.6 is 11.6 Å². The molecule has 0 radical (unpaired) electrons. The van der Waals surface area contributed by atoms with Crippen LogP contribution in [0.2, 0.25) is 0 Å². The molecule has 0 atom stereocenters. The summed E-state index contributed by atoms with van der Waals surface area (Å²) in [4.78, 5) is 2.24. The molecule has 4 nitrogen and oxygen atoms in total. The molecule has 5 heteroatoms.